The summed E-state index contributed by atoms with van der Waals surface area (Å²) in [6.07, 6.45) is 1.86. The molecule has 3 aromatic carbocycles. The summed E-state index contributed by atoms with van der Waals surface area (Å²) in [6, 6.07) is 18.1. The molecule has 0 radical (unpaired) electrons. The predicted octanol–water partition coefficient (Wildman–Crippen LogP) is 6.39. The maximum Gasteiger partial charge on any atom is 0.283 e. The summed E-state index contributed by atoms with van der Waals surface area (Å²) in [5.74, 6) is -1.29. The first-order valence-corrected chi connectivity index (χ1v) is 12.8. The molecule has 3 aromatic rings. The van der Waals surface area contributed by atoms with E-state index >= 15 is 0 Å². The Morgan fingerprint density at radius 1 is 0.865 bits per heavy atom. The number of imide groups is 1. The van der Waals surface area contributed by atoms with Crippen LogP contribution in [0.1, 0.15) is 36.1 Å². The molecule has 1 heterocycles. The molecule has 0 bridgehead atoms. The lowest BCUT2D eigenvalue weighted by Gasteiger charge is -2.18. The van der Waals surface area contributed by atoms with E-state index in [0.717, 1.165) is 40.1 Å². The molecule has 0 fully saturated rings. The van der Waals surface area contributed by atoms with Gasteiger partial charge in [0, 0.05) is 16.4 Å². The number of para-hydroxylation sites is 1. The number of hydrogen-bond donors (Lipinski definition) is 2. The fraction of sp³-hybridized carbons (Fsp3) is 0.207. The second-order valence-corrected chi connectivity index (χ2v) is 9.51. The van der Waals surface area contributed by atoms with Gasteiger partial charge >= 0.3 is 0 Å². The number of amides is 3. The maximum absolute atomic E-state index is 13.1. The number of aryl methyl sites for hydroxylation is 2. The standard InChI is InChI=1S/C29H27Cl2N3O3/c1-4-19-8-6-9-20(5-2)26(19)33-24(35)16-18-12-14-21(15-13-18)32-27-25(31)28(36)34(29(27)37)23-11-7-10-22(30)17(23)3/h6-15,32H,4-5,16H2,1-3H3,(H,33,35). The molecule has 2 N–H and O–H groups in total. The highest BCUT2D eigenvalue weighted by Crippen LogP contribution is 2.34. The van der Waals surface area contributed by atoms with Crippen molar-refractivity contribution in [2.75, 3.05) is 15.5 Å². The number of nitrogens with one attached hydrogen (secondary N) is 2. The Bertz CT molecular complexity index is 1390. The quantitative estimate of drug-likeness (QED) is 0.327. The molecule has 37 heavy (non-hydrogen) atoms. The van der Waals surface area contributed by atoms with Crippen LogP contribution in [0.3, 0.4) is 0 Å². The molecule has 190 valence electrons. The van der Waals surface area contributed by atoms with E-state index in [-0.39, 0.29) is 23.1 Å². The van der Waals surface area contributed by atoms with Gasteiger partial charge in [0.05, 0.1) is 12.1 Å². The molecule has 3 amide bonds. The zero-order chi connectivity index (χ0) is 26.7. The van der Waals surface area contributed by atoms with Crippen LogP contribution >= 0.6 is 23.2 Å². The summed E-state index contributed by atoms with van der Waals surface area (Å²) in [7, 11) is 0. The second-order valence-electron chi connectivity index (χ2n) is 8.72. The Kier molecular flexibility index (Phi) is 8.00. The van der Waals surface area contributed by atoms with Crippen LogP contribution in [0.25, 0.3) is 0 Å². The van der Waals surface area contributed by atoms with Crippen LogP contribution in [-0.4, -0.2) is 17.7 Å². The van der Waals surface area contributed by atoms with Crippen molar-refractivity contribution in [2.24, 2.45) is 0 Å². The number of hydrogen-bond acceptors (Lipinski definition) is 4. The van der Waals surface area contributed by atoms with Crippen LogP contribution in [0.5, 0.6) is 0 Å². The minimum absolute atomic E-state index is 0.0141. The van der Waals surface area contributed by atoms with Crippen LogP contribution in [-0.2, 0) is 33.6 Å². The van der Waals surface area contributed by atoms with Crippen molar-refractivity contribution >= 4 is 58.0 Å². The second kappa shape index (κ2) is 11.2. The number of halogens is 2. The van der Waals surface area contributed by atoms with Crippen molar-refractivity contribution in [1.82, 2.24) is 0 Å². The SMILES string of the molecule is CCc1cccc(CC)c1NC(=O)Cc1ccc(NC2=C(Cl)C(=O)N(c3cccc(Cl)c3C)C2=O)cc1. The molecule has 0 saturated carbocycles. The first-order chi connectivity index (χ1) is 17.7. The van der Waals surface area contributed by atoms with Gasteiger partial charge in [-0.25, -0.2) is 4.90 Å². The van der Waals surface area contributed by atoms with E-state index in [2.05, 4.69) is 24.5 Å². The van der Waals surface area contributed by atoms with E-state index in [4.69, 9.17) is 23.2 Å². The van der Waals surface area contributed by atoms with Gasteiger partial charge in [-0.3, -0.25) is 14.4 Å². The minimum atomic E-state index is -0.619. The topological polar surface area (TPSA) is 78.5 Å². The lowest BCUT2D eigenvalue weighted by atomic mass is 10.0. The summed E-state index contributed by atoms with van der Waals surface area (Å²) in [6.45, 7) is 5.86. The van der Waals surface area contributed by atoms with Crippen molar-refractivity contribution in [3.63, 3.8) is 0 Å². The average Bonchev–Trinajstić information content (AvgIpc) is 3.09. The normalized spacial score (nSPS) is 13.4. The third-order valence-electron chi connectivity index (χ3n) is 6.36. The molecule has 0 atom stereocenters. The summed E-state index contributed by atoms with van der Waals surface area (Å²) in [4.78, 5) is 39.7. The number of carbonyl (C=O) groups excluding carboxylic acids is 3. The maximum atomic E-state index is 13.1. The van der Waals surface area contributed by atoms with Crippen molar-refractivity contribution in [1.29, 1.82) is 0 Å². The zero-order valence-electron chi connectivity index (χ0n) is 20.8. The Morgan fingerprint density at radius 3 is 2.11 bits per heavy atom. The molecule has 0 spiro atoms. The molecular formula is C29H27Cl2N3O3. The Morgan fingerprint density at radius 2 is 1.49 bits per heavy atom. The summed E-state index contributed by atoms with van der Waals surface area (Å²) in [5, 5.41) is 6.27. The van der Waals surface area contributed by atoms with Crippen molar-refractivity contribution in [3.05, 3.63) is 98.7 Å². The molecular weight excluding hydrogens is 509 g/mol. The van der Waals surface area contributed by atoms with Gasteiger partial charge in [-0.15, -0.1) is 0 Å². The lowest BCUT2D eigenvalue weighted by Crippen LogP contribution is -2.32. The monoisotopic (exact) mass is 535 g/mol. The zero-order valence-corrected chi connectivity index (χ0v) is 22.3. The fourth-order valence-electron chi connectivity index (χ4n) is 4.29. The number of benzene rings is 3. The number of nitrogens with zero attached hydrogens (tertiary/aromatic N) is 1. The van der Waals surface area contributed by atoms with Gasteiger partial charge in [-0.2, -0.15) is 0 Å². The van der Waals surface area contributed by atoms with Gasteiger partial charge in [-0.05, 0) is 66.3 Å². The first-order valence-electron chi connectivity index (χ1n) is 12.0. The Hall–Kier alpha value is -3.61. The number of anilines is 3. The molecule has 0 saturated heterocycles. The van der Waals surface area contributed by atoms with Crippen LogP contribution < -0.4 is 15.5 Å². The summed E-state index contributed by atoms with van der Waals surface area (Å²) in [5.41, 5.74) is 5.45. The van der Waals surface area contributed by atoms with Gasteiger partial charge in [0.2, 0.25) is 5.91 Å². The Labute approximate surface area is 226 Å². The van der Waals surface area contributed by atoms with Gasteiger partial charge in [0.15, 0.2) is 0 Å². The van der Waals surface area contributed by atoms with E-state index in [0.29, 0.717) is 22.0 Å². The van der Waals surface area contributed by atoms with Gasteiger partial charge < -0.3 is 10.6 Å². The van der Waals surface area contributed by atoms with Crippen LogP contribution in [0.2, 0.25) is 5.02 Å². The highest BCUT2D eigenvalue weighted by atomic mass is 35.5. The van der Waals surface area contributed by atoms with Crippen molar-refractivity contribution < 1.29 is 14.4 Å². The van der Waals surface area contributed by atoms with E-state index in [1.165, 1.54) is 0 Å². The van der Waals surface area contributed by atoms with E-state index in [1.54, 1.807) is 49.4 Å². The van der Waals surface area contributed by atoms with Crippen molar-refractivity contribution in [3.8, 4) is 0 Å². The van der Waals surface area contributed by atoms with Crippen LogP contribution in [0, 0.1) is 6.92 Å². The summed E-state index contributed by atoms with van der Waals surface area (Å²) >= 11 is 12.4. The molecule has 0 aromatic heterocycles. The molecule has 8 heteroatoms. The third-order valence-corrected chi connectivity index (χ3v) is 7.12. The molecule has 6 nitrogen and oxygen atoms in total. The van der Waals surface area contributed by atoms with Gasteiger partial charge in [-0.1, -0.05) is 73.4 Å². The van der Waals surface area contributed by atoms with Gasteiger partial charge in [0.25, 0.3) is 11.8 Å². The third kappa shape index (κ3) is 5.41. The number of carbonyl (C=O) groups is 3. The predicted molar refractivity (Wildman–Crippen MR) is 149 cm³/mol. The van der Waals surface area contributed by atoms with Crippen molar-refractivity contribution in [2.45, 2.75) is 40.0 Å². The molecule has 4 rings (SSSR count). The highest BCUT2D eigenvalue weighted by Gasteiger charge is 2.39. The lowest BCUT2D eigenvalue weighted by molar-refractivity contribution is -0.120. The van der Waals surface area contributed by atoms with Gasteiger partial charge in [0.1, 0.15) is 10.7 Å². The molecule has 0 unspecified atom stereocenters. The fourth-order valence-corrected chi connectivity index (χ4v) is 4.67. The highest BCUT2D eigenvalue weighted by molar-refractivity contribution is 6.53. The van der Waals surface area contributed by atoms with E-state index in [9.17, 15) is 14.4 Å². The average molecular weight is 536 g/mol. The molecule has 1 aliphatic heterocycles. The Balaban J connectivity index is 1.45. The summed E-state index contributed by atoms with van der Waals surface area (Å²) < 4.78 is 0. The first kappa shape index (κ1) is 26.5. The smallest absolute Gasteiger partial charge is 0.283 e. The van der Waals surface area contributed by atoms with E-state index < -0.39 is 11.8 Å². The van der Waals surface area contributed by atoms with Crippen LogP contribution in [0.15, 0.2) is 71.4 Å². The molecule has 1 aliphatic rings. The molecule has 0 aliphatic carbocycles. The minimum Gasteiger partial charge on any atom is -0.350 e. The largest absolute Gasteiger partial charge is 0.350 e. The van der Waals surface area contributed by atoms with Crippen LogP contribution in [0.4, 0.5) is 17.1 Å². The van der Waals surface area contributed by atoms with E-state index in [1.807, 2.05) is 18.2 Å². The number of rotatable bonds is 8.